The highest BCUT2D eigenvalue weighted by atomic mass is 32.2. The van der Waals surface area contributed by atoms with Crippen LogP contribution in [0.4, 0.5) is 0 Å². The van der Waals surface area contributed by atoms with Crippen LogP contribution in [0.15, 0.2) is 58.3 Å². The number of carbonyl (C=O) groups is 1. The molecule has 1 aromatic carbocycles. The first-order valence-electron chi connectivity index (χ1n) is 10.1. The van der Waals surface area contributed by atoms with Gasteiger partial charge in [-0.2, -0.15) is 0 Å². The molecule has 1 amide bonds. The minimum absolute atomic E-state index is 0.0457. The van der Waals surface area contributed by atoms with Crippen molar-refractivity contribution >= 4 is 27.5 Å². The van der Waals surface area contributed by atoms with Gasteiger partial charge >= 0.3 is 0 Å². The molecular formula is C21H24N4O4S2. The van der Waals surface area contributed by atoms with Gasteiger partial charge in [-0.3, -0.25) is 9.36 Å². The molecule has 0 N–H and O–H groups in total. The Hall–Kier alpha value is -2.59. The Balaban J connectivity index is 1.52. The Labute approximate surface area is 185 Å². The van der Waals surface area contributed by atoms with E-state index in [0.717, 1.165) is 5.56 Å². The van der Waals surface area contributed by atoms with Crippen molar-refractivity contribution in [3.63, 3.8) is 0 Å². The van der Waals surface area contributed by atoms with E-state index >= 15 is 0 Å². The number of amides is 1. The number of hydrogen-bond acceptors (Lipinski definition) is 7. The molecule has 10 heteroatoms. The summed E-state index contributed by atoms with van der Waals surface area (Å²) in [5, 5.41) is 9.19. The second kappa shape index (κ2) is 9.27. The number of aromatic nitrogens is 3. The highest BCUT2D eigenvalue weighted by Crippen LogP contribution is 2.26. The maximum absolute atomic E-state index is 12.9. The Kier molecular flexibility index (Phi) is 6.47. The van der Waals surface area contributed by atoms with Crippen molar-refractivity contribution in [1.82, 2.24) is 19.7 Å². The van der Waals surface area contributed by atoms with Crippen LogP contribution in [0, 0.1) is 0 Å². The van der Waals surface area contributed by atoms with Crippen molar-refractivity contribution < 1.29 is 17.6 Å². The predicted molar refractivity (Wildman–Crippen MR) is 118 cm³/mol. The zero-order valence-electron chi connectivity index (χ0n) is 17.2. The quantitative estimate of drug-likeness (QED) is 0.477. The summed E-state index contributed by atoms with van der Waals surface area (Å²) >= 11 is 1.30. The van der Waals surface area contributed by atoms with Gasteiger partial charge in [0.25, 0.3) is 0 Å². The Morgan fingerprint density at radius 1 is 1.23 bits per heavy atom. The lowest BCUT2D eigenvalue weighted by Crippen LogP contribution is -2.42. The molecule has 0 saturated carbocycles. The zero-order valence-corrected chi connectivity index (χ0v) is 18.8. The molecule has 3 heterocycles. The topological polar surface area (TPSA) is 98.3 Å². The van der Waals surface area contributed by atoms with Crippen LogP contribution < -0.4 is 0 Å². The Morgan fingerprint density at radius 3 is 2.68 bits per heavy atom. The monoisotopic (exact) mass is 460 g/mol. The van der Waals surface area contributed by atoms with E-state index in [-0.39, 0.29) is 29.2 Å². The SMILES string of the molecule is CCN(C(=O)CSc1nnc(-c2ccco2)n1Cc1ccccc1)[C@@H]1CCS(=O)(=O)C1. The molecule has 8 nitrogen and oxygen atoms in total. The van der Waals surface area contributed by atoms with Gasteiger partial charge in [-0.05, 0) is 31.0 Å². The summed E-state index contributed by atoms with van der Waals surface area (Å²) in [4.78, 5) is 14.6. The molecule has 2 aromatic heterocycles. The molecular weight excluding hydrogens is 436 g/mol. The third-order valence-electron chi connectivity index (χ3n) is 5.28. The molecule has 1 aliphatic rings. The molecule has 0 spiro atoms. The first kappa shape index (κ1) is 21.6. The third kappa shape index (κ3) is 5.01. The van der Waals surface area contributed by atoms with Crippen LogP contribution in [0.5, 0.6) is 0 Å². The summed E-state index contributed by atoms with van der Waals surface area (Å²) in [7, 11) is -3.05. The van der Waals surface area contributed by atoms with Crippen molar-refractivity contribution in [3.8, 4) is 11.6 Å². The van der Waals surface area contributed by atoms with Crippen LogP contribution in [-0.2, 0) is 21.2 Å². The lowest BCUT2D eigenvalue weighted by Gasteiger charge is -2.26. The fraction of sp³-hybridized carbons (Fsp3) is 0.381. The summed E-state index contributed by atoms with van der Waals surface area (Å²) in [6.07, 6.45) is 2.08. The molecule has 0 radical (unpaired) electrons. The molecule has 164 valence electrons. The lowest BCUT2D eigenvalue weighted by atomic mass is 10.2. The second-order valence-electron chi connectivity index (χ2n) is 7.38. The summed E-state index contributed by atoms with van der Waals surface area (Å²) in [5.74, 6) is 1.46. The zero-order chi connectivity index (χ0) is 21.8. The average molecular weight is 461 g/mol. The van der Waals surface area contributed by atoms with Crippen LogP contribution in [-0.4, -0.2) is 63.8 Å². The highest BCUT2D eigenvalue weighted by molar-refractivity contribution is 7.99. The number of hydrogen-bond donors (Lipinski definition) is 0. The first-order chi connectivity index (χ1) is 15.0. The van der Waals surface area contributed by atoms with Gasteiger partial charge in [0, 0.05) is 12.6 Å². The Bertz CT molecular complexity index is 1130. The fourth-order valence-electron chi connectivity index (χ4n) is 3.76. The molecule has 1 fully saturated rings. The van der Waals surface area contributed by atoms with Gasteiger partial charge in [0.05, 0.1) is 30.1 Å². The molecule has 3 aromatic rings. The summed E-state index contributed by atoms with van der Waals surface area (Å²) in [6.45, 7) is 2.90. The summed E-state index contributed by atoms with van der Waals surface area (Å²) in [5.41, 5.74) is 1.08. The first-order valence-corrected chi connectivity index (χ1v) is 12.9. The van der Waals surface area contributed by atoms with Crippen LogP contribution in [0.1, 0.15) is 18.9 Å². The normalized spacial score (nSPS) is 17.6. The lowest BCUT2D eigenvalue weighted by molar-refractivity contribution is -0.129. The maximum atomic E-state index is 12.9. The summed E-state index contributed by atoms with van der Waals surface area (Å²) in [6, 6.07) is 13.3. The minimum Gasteiger partial charge on any atom is -0.461 e. The van der Waals surface area contributed by atoms with Gasteiger partial charge in [-0.25, -0.2) is 8.42 Å². The number of rotatable bonds is 8. The third-order valence-corrected chi connectivity index (χ3v) is 7.98. The van der Waals surface area contributed by atoms with E-state index in [0.29, 0.717) is 36.3 Å². The van der Waals surface area contributed by atoms with Gasteiger partial charge in [-0.1, -0.05) is 42.1 Å². The van der Waals surface area contributed by atoms with Gasteiger partial charge in [0.2, 0.25) is 11.7 Å². The minimum atomic E-state index is -3.05. The Morgan fingerprint density at radius 2 is 2.03 bits per heavy atom. The van der Waals surface area contributed by atoms with Crippen molar-refractivity contribution in [3.05, 3.63) is 54.3 Å². The smallest absolute Gasteiger partial charge is 0.233 e. The number of nitrogens with zero attached hydrogens (tertiary/aromatic N) is 4. The second-order valence-corrected chi connectivity index (χ2v) is 10.6. The van der Waals surface area contributed by atoms with Crippen LogP contribution in [0.2, 0.25) is 0 Å². The van der Waals surface area contributed by atoms with Gasteiger partial charge in [0.15, 0.2) is 20.8 Å². The highest BCUT2D eigenvalue weighted by Gasteiger charge is 2.34. The maximum Gasteiger partial charge on any atom is 0.233 e. The fourth-order valence-corrected chi connectivity index (χ4v) is 6.32. The van der Waals surface area contributed by atoms with Gasteiger partial charge < -0.3 is 9.32 Å². The number of thioether (sulfide) groups is 1. The summed E-state index contributed by atoms with van der Waals surface area (Å²) < 4.78 is 31.1. The van der Waals surface area contributed by atoms with E-state index in [1.807, 2.05) is 47.9 Å². The van der Waals surface area contributed by atoms with E-state index in [1.54, 1.807) is 17.2 Å². The number of sulfone groups is 1. The van der Waals surface area contributed by atoms with Crippen molar-refractivity contribution in [2.24, 2.45) is 0 Å². The van der Waals surface area contributed by atoms with Crippen molar-refractivity contribution in [1.29, 1.82) is 0 Å². The van der Waals surface area contributed by atoms with Gasteiger partial charge in [0.1, 0.15) is 0 Å². The molecule has 0 bridgehead atoms. The van der Waals surface area contributed by atoms with Crippen molar-refractivity contribution in [2.75, 3.05) is 23.8 Å². The standard InChI is InChI=1S/C21H24N4O4S2/c1-2-24(17-10-12-31(27,28)15-17)19(26)14-30-21-23-22-20(18-9-6-11-29-18)25(21)13-16-7-4-3-5-8-16/h3-9,11,17H,2,10,12-15H2,1H3/t17-/m1/s1. The number of benzene rings is 1. The molecule has 0 aliphatic carbocycles. The number of carbonyl (C=O) groups excluding carboxylic acids is 1. The van der Waals surface area contributed by atoms with Crippen LogP contribution >= 0.6 is 11.8 Å². The van der Waals surface area contributed by atoms with E-state index in [1.165, 1.54) is 11.8 Å². The number of furan rings is 1. The average Bonchev–Trinajstić information content (AvgIpc) is 3.48. The van der Waals surface area contributed by atoms with E-state index < -0.39 is 9.84 Å². The molecule has 4 rings (SSSR count). The molecule has 1 atom stereocenters. The molecule has 31 heavy (non-hydrogen) atoms. The largest absolute Gasteiger partial charge is 0.461 e. The van der Waals surface area contributed by atoms with Crippen LogP contribution in [0.25, 0.3) is 11.6 Å². The van der Waals surface area contributed by atoms with E-state index in [2.05, 4.69) is 10.2 Å². The molecule has 1 saturated heterocycles. The van der Waals surface area contributed by atoms with Gasteiger partial charge in [-0.15, -0.1) is 10.2 Å². The molecule has 1 aliphatic heterocycles. The van der Waals surface area contributed by atoms with E-state index in [9.17, 15) is 13.2 Å². The van der Waals surface area contributed by atoms with Crippen LogP contribution in [0.3, 0.4) is 0 Å². The predicted octanol–water partition coefficient (Wildman–Crippen LogP) is 2.71. The molecule has 0 unspecified atom stereocenters. The van der Waals surface area contributed by atoms with E-state index in [4.69, 9.17) is 4.42 Å². The van der Waals surface area contributed by atoms with Crippen molar-refractivity contribution in [2.45, 2.75) is 31.1 Å².